The lowest BCUT2D eigenvalue weighted by Crippen LogP contribution is -2.22. The van der Waals surface area contributed by atoms with E-state index in [-0.39, 0.29) is 16.7 Å². The van der Waals surface area contributed by atoms with Gasteiger partial charge in [-0.25, -0.2) is 4.98 Å². The Morgan fingerprint density at radius 1 is 1.32 bits per heavy atom. The van der Waals surface area contributed by atoms with Gasteiger partial charge in [0.1, 0.15) is 12.0 Å². The monoisotopic (exact) mass is 376 g/mol. The number of aliphatic hydroxyl groups is 1. The van der Waals surface area contributed by atoms with Gasteiger partial charge in [0.2, 0.25) is 5.88 Å². The van der Waals surface area contributed by atoms with Gasteiger partial charge in [0.25, 0.3) is 0 Å². The highest BCUT2D eigenvalue weighted by molar-refractivity contribution is 6.32. The molecule has 3 N–H and O–H groups in total. The summed E-state index contributed by atoms with van der Waals surface area (Å²) in [5, 5.41) is 20.7. The predicted molar refractivity (Wildman–Crippen MR) is 82.6 cm³/mol. The third-order valence-electron chi connectivity index (χ3n) is 2.91. The molecule has 1 aromatic heterocycles. The van der Waals surface area contributed by atoms with E-state index < -0.39 is 30.4 Å². The second-order valence-corrected chi connectivity index (χ2v) is 5.30. The minimum absolute atomic E-state index is 0.0819. The van der Waals surface area contributed by atoms with Crippen LogP contribution in [0.5, 0.6) is 11.6 Å². The van der Waals surface area contributed by atoms with Crippen LogP contribution in [0, 0.1) is 0 Å². The molecule has 6 nitrogen and oxygen atoms in total. The summed E-state index contributed by atoms with van der Waals surface area (Å²) in [6.07, 6.45) is -5.67. The molecule has 10 heteroatoms. The van der Waals surface area contributed by atoms with Gasteiger partial charge in [-0.1, -0.05) is 11.6 Å². The van der Waals surface area contributed by atoms with Crippen molar-refractivity contribution in [2.24, 2.45) is 0 Å². The van der Waals surface area contributed by atoms with Gasteiger partial charge in [-0.05, 0) is 24.3 Å². The molecule has 0 saturated carbocycles. The second-order valence-electron chi connectivity index (χ2n) is 4.89. The van der Waals surface area contributed by atoms with Crippen LogP contribution in [0.1, 0.15) is 12.0 Å². The summed E-state index contributed by atoms with van der Waals surface area (Å²) in [5.74, 6) is -1.13. The Labute approximate surface area is 144 Å². The number of carboxylic acid groups (broad SMARTS) is 1. The first-order chi connectivity index (χ1) is 11.6. The first-order valence-electron chi connectivity index (χ1n) is 6.82. The average Bonchev–Trinajstić information content (AvgIpc) is 2.49. The number of hydrogen-bond acceptors (Lipinski definition) is 5. The fourth-order valence-corrected chi connectivity index (χ4v) is 2.02. The predicted octanol–water partition coefficient (Wildman–Crippen LogP) is 3.75. The zero-order valence-corrected chi connectivity index (χ0v) is 13.2. The minimum Gasteiger partial charge on any atom is -0.481 e. The molecule has 0 fully saturated rings. The van der Waals surface area contributed by atoms with Crippen LogP contribution in [-0.2, 0) is 11.0 Å². The highest BCUT2D eigenvalue weighted by Crippen LogP contribution is 2.33. The fourth-order valence-electron chi connectivity index (χ4n) is 1.80. The topological polar surface area (TPSA) is 91.7 Å². The average molecular weight is 377 g/mol. The van der Waals surface area contributed by atoms with E-state index in [4.69, 9.17) is 21.4 Å². The van der Waals surface area contributed by atoms with E-state index in [0.717, 1.165) is 12.1 Å². The number of aliphatic hydroxyl groups excluding tert-OH is 1. The molecule has 1 unspecified atom stereocenters. The number of alkyl halides is 3. The Kier molecular flexibility index (Phi) is 5.70. The summed E-state index contributed by atoms with van der Waals surface area (Å²) < 4.78 is 42.7. The highest BCUT2D eigenvalue weighted by atomic mass is 35.5. The SMILES string of the molecule is O=C(O)CC(O)Nc1ccc(Oc2ccc(C(F)(F)F)cn2)c(Cl)c1. The Bertz CT molecular complexity index is 753. The van der Waals surface area contributed by atoms with E-state index in [1.807, 2.05) is 0 Å². The van der Waals surface area contributed by atoms with E-state index in [9.17, 15) is 23.1 Å². The van der Waals surface area contributed by atoms with Gasteiger partial charge in [-0.15, -0.1) is 0 Å². The summed E-state index contributed by atoms with van der Waals surface area (Å²) in [5.41, 5.74) is -0.565. The third kappa shape index (κ3) is 5.50. The number of rotatable bonds is 6. The van der Waals surface area contributed by atoms with Crippen molar-refractivity contribution in [3.63, 3.8) is 0 Å². The van der Waals surface area contributed by atoms with Crippen LogP contribution < -0.4 is 10.1 Å². The third-order valence-corrected chi connectivity index (χ3v) is 3.21. The van der Waals surface area contributed by atoms with Crippen molar-refractivity contribution in [1.82, 2.24) is 4.98 Å². The number of aliphatic carboxylic acids is 1. The van der Waals surface area contributed by atoms with Crippen molar-refractivity contribution in [3.8, 4) is 11.6 Å². The van der Waals surface area contributed by atoms with Crippen molar-refractivity contribution in [2.45, 2.75) is 18.8 Å². The van der Waals surface area contributed by atoms with Gasteiger partial charge < -0.3 is 20.3 Å². The second kappa shape index (κ2) is 7.58. The molecule has 1 heterocycles. The maximum Gasteiger partial charge on any atom is 0.417 e. The molecule has 0 spiro atoms. The van der Waals surface area contributed by atoms with Gasteiger partial charge in [0.05, 0.1) is 17.0 Å². The van der Waals surface area contributed by atoms with Gasteiger partial charge in [-0.2, -0.15) is 13.2 Å². The highest BCUT2D eigenvalue weighted by Gasteiger charge is 2.30. The number of carbonyl (C=O) groups is 1. The van der Waals surface area contributed by atoms with Crippen LogP contribution in [0.15, 0.2) is 36.5 Å². The molecule has 0 radical (unpaired) electrons. The fraction of sp³-hybridized carbons (Fsp3) is 0.200. The number of carboxylic acids is 1. The number of ether oxygens (including phenoxy) is 1. The van der Waals surface area contributed by atoms with Gasteiger partial charge in [-0.3, -0.25) is 4.79 Å². The van der Waals surface area contributed by atoms with Gasteiger partial charge >= 0.3 is 12.1 Å². The standard InChI is InChI=1S/C15H12ClF3N2O4/c16-10-5-9(21-12(22)6-14(23)24)2-3-11(10)25-13-4-1-8(7-20-13)15(17,18)19/h1-5,7,12,21-22H,6H2,(H,23,24). The first kappa shape index (κ1) is 18.8. The maximum atomic E-state index is 12.5. The summed E-state index contributed by atoms with van der Waals surface area (Å²) in [4.78, 5) is 14.0. The molecule has 2 aromatic rings. The lowest BCUT2D eigenvalue weighted by Gasteiger charge is -2.14. The first-order valence-corrected chi connectivity index (χ1v) is 7.20. The molecule has 2 rings (SSSR count). The smallest absolute Gasteiger partial charge is 0.417 e. The van der Waals surface area contributed by atoms with Crippen LogP contribution >= 0.6 is 11.6 Å². The molecule has 0 aliphatic heterocycles. The number of halogens is 4. The lowest BCUT2D eigenvalue weighted by atomic mass is 10.2. The number of benzene rings is 1. The number of nitrogens with one attached hydrogen (secondary N) is 1. The van der Waals surface area contributed by atoms with Crippen LogP contribution in [0.25, 0.3) is 0 Å². The summed E-state index contributed by atoms with van der Waals surface area (Å²) in [6, 6.07) is 6.11. The van der Waals surface area contributed by atoms with Crippen molar-refractivity contribution < 1.29 is 32.9 Å². The van der Waals surface area contributed by atoms with E-state index in [1.165, 1.54) is 18.2 Å². The lowest BCUT2D eigenvalue weighted by molar-refractivity contribution is -0.139. The van der Waals surface area contributed by atoms with Crippen molar-refractivity contribution in [2.75, 3.05) is 5.32 Å². The van der Waals surface area contributed by atoms with Crippen LogP contribution in [-0.4, -0.2) is 27.4 Å². The van der Waals surface area contributed by atoms with Crippen LogP contribution in [0.3, 0.4) is 0 Å². The normalized spacial score (nSPS) is 12.5. The van der Waals surface area contributed by atoms with Crippen molar-refractivity contribution >= 4 is 23.3 Å². The molecular formula is C15H12ClF3N2O4. The molecule has 25 heavy (non-hydrogen) atoms. The van der Waals surface area contributed by atoms with E-state index in [0.29, 0.717) is 11.9 Å². The summed E-state index contributed by atoms with van der Waals surface area (Å²) in [6.45, 7) is 0. The summed E-state index contributed by atoms with van der Waals surface area (Å²) >= 11 is 6.00. The molecule has 134 valence electrons. The van der Waals surface area contributed by atoms with Gasteiger partial charge in [0, 0.05) is 18.0 Å². The van der Waals surface area contributed by atoms with E-state index in [2.05, 4.69) is 10.3 Å². The Morgan fingerprint density at radius 3 is 2.56 bits per heavy atom. The number of pyridine rings is 1. The Balaban J connectivity index is 2.07. The molecule has 0 aliphatic carbocycles. The number of nitrogens with zero attached hydrogens (tertiary/aromatic N) is 1. The molecule has 1 atom stereocenters. The Hall–Kier alpha value is -2.52. The van der Waals surface area contributed by atoms with Crippen LogP contribution in [0.2, 0.25) is 5.02 Å². The largest absolute Gasteiger partial charge is 0.481 e. The zero-order valence-electron chi connectivity index (χ0n) is 12.4. The number of aromatic nitrogens is 1. The Morgan fingerprint density at radius 2 is 2.04 bits per heavy atom. The zero-order chi connectivity index (χ0) is 18.6. The van der Waals surface area contributed by atoms with E-state index >= 15 is 0 Å². The number of anilines is 1. The van der Waals surface area contributed by atoms with E-state index in [1.54, 1.807) is 0 Å². The van der Waals surface area contributed by atoms with Crippen LogP contribution in [0.4, 0.5) is 18.9 Å². The number of hydrogen-bond donors (Lipinski definition) is 3. The maximum absolute atomic E-state index is 12.5. The molecule has 0 bridgehead atoms. The molecular weight excluding hydrogens is 365 g/mol. The molecule has 0 aliphatic rings. The molecule has 0 saturated heterocycles. The molecule has 0 amide bonds. The molecule has 1 aromatic carbocycles. The van der Waals surface area contributed by atoms with Gasteiger partial charge in [0.15, 0.2) is 0 Å². The van der Waals surface area contributed by atoms with Crippen molar-refractivity contribution in [1.29, 1.82) is 0 Å². The quantitative estimate of drug-likeness (QED) is 0.665. The summed E-state index contributed by atoms with van der Waals surface area (Å²) in [7, 11) is 0. The van der Waals surface area contributed by atoms with Crippen molar-refractivity contribution in [3.05, 3.63) is 47.1 Å². The minimum atomic E-state index is -4.49.